The number of nitro benzene ring substituents is 1. The minimum Gasteiger partial charge on any atom is -0.482 e. The van der Waals surface area contributed by atoms with Crippen molar-refractivity contribution in [3.05, 3.63) is 68.7 Å². The maximum atomic E-state index is 11.5. The molecule has 0 aliphatic rings. The first-order chi connectivity index (χ1) is 10.5. The number of halogens is 1. The summed E-state index contributed by atoms with van der Waals surface area (Å²) in [7, 11) is 1.29. The first-order valence-corrected chi connectivity index (χ1v) is 6.63. The van der Waals surface area contributed by atoms with E-state index >= 15 is 0 Å². The molecule has 0 unspecified atom stereocenters. The van der Waals surface area contributed by atoms with Crippen LogP contribution in [0.25, 0.3) is 0 Å². The minimum absolute atomic E-state index is 0.0767. The summed E-state index contributed by atoms with van der Waals surface area (Å²) >= 11 is 5.74. The van der Waals surface area contributed by atoms with Crippen LogP contribution in [-0.4, -0.2) is 18.0 Å². The van der Waals surface area contributed by atoms with Crippen LogP contribution in [0, 0.1) is 10.1 Å². The van der Waals surface area contributed by atoms with Crippen molar-refractivity contribution in [2.75, 3.05) is 7.11 Å². The second kappa shape index (κ2) is 6.91. The summed E-state index contributed by atoms with van der Waals surface area (Å²) in [6, 6.07) is 10.8. The topological polar surface area (TPSA) is 78.7 Å². The van der Waals surface area contributed by atoms with Crippen LogP contribution in [0.1, 0.15) is 15.9 Å². The van der Waals surface area contributed by atoms with E-state index in [-0.39, 0.29) is 23.1 Å². The Morgan fingerprint density at radius 3 is 2.73 bits per heavy atom. The fourth-order valence-electron chi connectivity index (χ4n) is 1.82. The maximum Gasteiger partial charge on any atom is 0.337 e. The lowest BCUT2D eigenvalue weighted by molar-refractivity contribution is -0.385. The van der Waals surface area contributed by atoms with Crippen LogP contribution in [-0.2, 0) is 11.3 Å². The predicted octanol–water partition coefficient (Wildman–Crippen LogP) is 3.61. The summed E-state index contributed by atoms with van der Waals surface area (Å²) < 4.78 is 10.1. The van der Waals surface area contributed by atoms with E-state index in [0.29, 0.717) is 11.1 Å². The molecule has 0 N–H and O–H groups in total. The average Bonchev–Trinajstić information content (AvgIpc) is 2.53. The Morgan fingerprint density at radius 2 is 2.05 bits per heavy atom. The molecule has 0 saturated heterocycles. The van der Waals surface area contributed by atoms with Crippen LogP contribution in [0.5, 0.6) is 5.75 Å². The Morgan fingerprint density at radius 1 is 1.27 bits per heavy atom. The number of esters is 1. The molecule has 0 bridgehead atoms. The van der Waals surface area contributed by atoms with Gasteiger partial charge in [-0.2, -0.15) is 0 Å². The summed E-state index contributed by atoms with van der Waals surface area (Å²) in [6.07, 6.45) is 0. The third-order valence-corrected chi connectivity index (χ3v) is 3.10. The molecular weight excluding hydrogens is 310 g/mol. The van der Waals surface area contributed by atoms with Gasteiger partial charge in [-0.3, -0.25) is 10.1 Å². The van der Waals surface area contributed by atoms with Crippen LogP contribution >= 0.6 is 11.6 Å². The number of rotatable bonds is 5. The molecule has 0 heterocycles. The van der Waals surface area contributed by atoms with E-state index < -0.39 is 10.9 Å². The van der Waals surface area contributed by atoms with Crippen molar-refractivity contribution in [3.63, 3.8) is 0 Å². The molecule has 0 amide bonds. The highest BCUT2D eigenvalue weighted by Crippen LogP contribution is 2.30. The molecule has 0 saturated carbocycles. The lowest BCUT2D eigenvalue weighted by Crippen LogP contribution is -2.03. The monoisotopic (exact) mass is 321 g/mol. The van der Waals surface area contributed by atoms with Gasteiger partial charge in [0.15, 0.2) is 5.75 Å². The number of nitrogens with zero attached hydrogens (tertiary/aromatic N) is 1. The second-order valence-electron chi connectivity index (χ2n) is 4.35. The first-order valence-electron chi connectivity index (χ1n) is 6.25. The lowest BCUT2D eigenvalue weighted by Gasteiger charge is -2.08. The summed E-state index contributed by atoms with van der Waals surface area (Å²) in [5.74, 6) is -0.350. The fourth-order valence-corrected chi connectivity index (χ4v) is 1.99. The van der Waals surface area contributed by atoms with Crippen molar-refractivity contribution in [3.8, 4) is 5.75 Å². The third-order valence-electron chi connectivity index (χ3n) is 2.86. The highest BCUT2D eigenvalue weighted by Gasteiger charge is 2.16. The van der Waals surface area contributed by atoms with Crippen LogP contribution in [0.3, 0.4) is 0 Å². The van der Waals surface area contributed by atoms with E-state index in [1.165, 1.54) is 25.3 Å². The Balaban J connectivity index is 2.17. The number of hydrogen-bond donors (Lipinski definition) is 0. The standard InChI is InChI=1S/C15H12ClNO5/c1-21-15(18)11-4-2-3-10(7-11)9-22-14-6-5-12(16)8-13(14)17(19)20/h2-8H,9H2,1H3. The van der Waals surface area contributed by atoms with Gasteiger partial charge < -0.3 is 9.47 Å². The predicted molar refractivity (Wildman–Crippen MR) is 80.2 cm³/mol. The van der Waals surface area contributed by atoms with Gasteiger partial charge in [-0.15, -0.1) is 0 Å². The van der Waals surface area contributed by atoms with Crippen LogP contribution < -0.4 is 4.74 Å². The normalized spacial score (nSPS) is 10.1. The highest BCUT2D eigenvalue weighted by molar-refractivity contribution is 6.30. The molecule has 0 atom stereocenters. The molecule has 0 spiro atoms. The Bertz CT molecular complexity index is 717. The molecular formula is C15H12ClNO5. The number of benzene rings is 2. The van der Waals surface area contributed by atoms with E-state index in [1.54, 1.807) is 24.3 Å². The SMILES string of the molecule is COC(=O)c1cccc(COc2ccc(Cl)cc2[N+](=O)[O-])c1. The van der Waals surface area contributed by atoms with Crippen molar-refractivity contribution < 1.29 is 19.2 Å². The fraction of sp³-hybridized carbons (Fsp3) is 0.133. The van der Waals surface area contributed by atoms with Gasteiger partial charge in [0.25, 0.3) is 0 Å². The van der Waals surface area contributed by atoms with Crippen molar-refractivity contribution in [1.82, 2.24) is 0 Å². The summed E-state index contributed by atoms with van der Waals surface area (Å²) in [5.41, 5.74) is 0.859. The van der Waals surface area contributed by atoms with E-state index in [2.05, 4.69) is 4.74 Å². The van der Waals surface area contributed by atoms with Crippen LogP contribution in [0.4, 0.5) is 5.69 Å². The number of carbonyl (C=O) groups excluding carboxylic acids is 1. The highest BCUT2D eigenvalue weighted by atomic mass is 35.5. The number of ether oxygens (including phenoxy) is 2. The van der Waals surface area contributed by atoms with Crippen LogP contribution in [0.15, 0.2) is 42.5 Å². The molecule has 114 valence electrons. The molecule has 0 aliphatic heterocycles. The Kier molecular flexibility index (Phi) is 4.95. The molecule has 7 heteroatoms. The molecule has 2 aromatic rings. The number of hydrogen-bond acceptors (Lipinski definition) is 5. The van der Waals surface area contributed by atoms with Crippen LogP contribution in [0.2, 0.25) is 5.02 Å². The molecule has 6 nitrogen and oxygen atoms in total. The van der Waals surface area contributed by atoms with Gasteiger partial charge in [0, 0.05) is 11.1 Å². The van der Waals surface area contributed by atoms with Gasteiger partial charge in [0.1, 0.15) is 6.61 Å². The van der Waals surface area contributed by atoms with Crippen molar-refractivity contribution in [1.29, 1.82) is 0 Å². The van der Waals surface area contributed by atoms with Gasteiger partial charge in [0.2, 0.25) is 0 Å². The molecule has 2 aromatic carbocycles. The summed E-state index contributed by atoms with van der Waals surface area (Å²) in [6.45, 7) is 0.0767. The molecule has 0 fully saturated rings. The smallest absolute Gasteiger partial charge is 0.337 e. The zero-order chi connectivity index (χ0) is 16.1. The molecule has 2 rings (SSSR count). The molecule has 0 aliphatic carbocycles. The average molecular weight is 322 g/mol. The molecule has 0 aromatic heterocycles. The second-order valence-corrected chi connectivity index (χ2v) is 4.79. The lowest BCUT2D eigenvalue weighted by atomic mass is 10.1. The zero-order valence-corrected chi connectivity index (χ0v) is 12.4. The van der Waals surface area contributed by atoms with Crippen molar-refractivity contribution in [2.45, 2.75) is 6.61 Å². The van der Waals surface area contributed by atoms with E-state index in [9.17, 15) is 14.9 Å². The molecule has 22 heavy (non-hydrogen) atoms. The largest absolute Gasteiger partial charge is 0.482 e. The summed E-state index contributed by atoms with van der Waals surface area (Å²) in [4.78, 5) is 21.9. The van der Waals surface area contributed by atoms with E-state index in [0.717, 1.165) is 0 Å². The Labute approximate surface area is 131 Å². The third kappa shape index (κ3) is 3.73. The van der Waals surface area contributed by atoms with Gasteiger partial charge >= 0.3 is 11.7 Å². The van der Waals surface area contributed by atoms with Crippen molar-refractivity contribution >= 4 is 23.3 Å². The van der Waals surface area contributed by atoms with E-state index in [4.69, 9.17) is 16.3 Å². The first kappa shape index (κ1) is 15.8. The summed E-state index contributed by atoms with van der Waals surface area (Å²) in [5, 5.41) is 11.2. The van der Waals surface area contributed by atoms with Gasteiger partial charge in [0.05, 0.1) is 17.6 Å². The van der Waals surface area contributed by atoms with Gasteiger partial charge in [-0.05, 0) is 29.8 Å². The number of nitro groups is 1. The minimum atomic E-state index is -0.563. The maximum absolute atomic E-state index is 11.5. The number of carbonyl (C=O) groups is 1. The quantitative estimate of drug-likeness (QED) is 0.477. The van der Waals surface area contributed by atoms with Gasteiger partial charge in [-0.1, -0.05) is 23.7 Å². The van der Waals surface area contributed by atoms with Crippen molar-refractivity contribution in [2.24, 2.45) is 0 Å². The zero-order valence-electron chi connectivity index (χ0n) is 11.6. The van der Waals surface area contributed by atoms with E-state index in [1.807, 2.05) is 0 Å². The molecule has 0 radical (unpaired) electrons. The number of methoxy groups -OCH3 is 1. The van der Waals surface area contributed by atoms with Gasteiger partial charge in [-0.25, -0.2) is 4.79 Å². The Hall–Kier alpha value is -2.60.